The molecule has 1 heterocycles. The molecule has 3 aromatic rings. The van der Waals surface area contributed by atoms with E-state index in [-0.39, 0.29) is 10.9 Å². The fraction of sp³-hybridized carbons (Fsp3) is 0.0952. The van der Waals surface area contributed by atoms with Gasteiger partial charge in [-0.1, -0.05) is 41.6 Å². The normalized spacial score (nSPS) is 11.8. The van der Waals surface area contributed by atoms with Gasteiger partial charge in [0, 0.05) is 23.5 Å². The Bertz CT molecular complexity index is 909. The number of Topliss-reactive ketones (excluding diaryl/α,β-unsaturated/α-hetero) is 1. The van der Waals surface area contributed by atoms with Crippen LogP contribution in [0.15, 0.2) is 73.1 Å². The number of pyridine rings is 1. The fourth-order valence-corrected chi connectivity index (χ4v) is 3.46. The molecule has 26 heavy (non-hydrogen) atoms. The SMILES string of the molecule is Cc1ccc(C(=O)SC(C(=O)c2ccc(F)cc2)c2ccncc2)cc1. The second-order valence-corrected chi connectivity index (χ2v) is 6.88. The summed E-state index contributed by atoms with van der Waals surface area (Å²) in [4.78, 5) is 29.6. The highest BCUT2D eigenvalue weighted by molar-refractivity contribution is 8.14. The van der Waals surface area contributed by atoms with Crippen molar-refractivity contribution in [2.45, 2.75) is 12.2 Å². The van der Waals surface area contributed by atoms with Crippen molar-refractivity contribution in [2.75, 3.05) is 0 Å². The van der Waals surface area contributed by atoms with Crippen molar-refractivity contribution in [1.29, 1.82) is 0 Å². The van der Waals surface area contributed by atoms with Gasteiger partial charge >= 0.3 is 0 Å². The smallest absolute Gasteiger partial charge is 0.220 e. The first-order valence-electron chi connectivity index (χ1n) is 8.02. The van der Waals surface area contributed by atoms with E-state index in [1.807, 2.05) is 19.1 Å². The number of halogens is 1. The monoisotopic (exact) mass is 365 g/mol. The van der Waals surface area contributed by atoms with Gasteiger partial charge in [0.15, 0.2) is 5.78 Å². The highest BCUT2D eigenvalue weighted by atomic mass is 32.2. The number of aromatic nitrogens is 1. The molecule has 1 atom stereocenters. The highest BCUT2D eigenvalue weighted by Gasteiger charge is 2.26. The predicted molar refractivity (Wildman–Crippen MR) is 101 cm³/mol. The third-order valence-corrected chi connectivity index (χ3v) is 5.06. The molecule has 0 spiro atoms. The Morgan fingerprint density at radius 1 is 0.885 bits per heavy atom. The summed E-state index contributed by atoms with van der Waals surface area (Å²) in [6.07, 6.45) is 3.16. The van der Waals surface area contributed by atoms with Crippen LogP contribution in [-0.2, 0) is 0 Å². The van der Waals surface area contributed by atoms with Gasteiger partial charge in [0.2, 0.25) is 5.12 Å². The van der Waals surface area contributed by atoms with Crippen LogP contribution in [0.25, 0.3) is 0 Å². The molecule has 0 aliphatic rings. The lowest BCUT2D eigenvalue weighted by Crippen LogP contribution is -2.12. The Morgan fingerprint density at radius 3 is 2.08 bits per heavy atom. The number of nitrogens with zero attached hydrogens (tertiary/aromatic N) is 1. The summed E-state index contributed by atoms with van der Waals surface area (Å²) in [6.45, 7) is 1.94. The second kappa shape index (κ2) is 8.06. The summed E-state index contributed by atoms with van der Waals surface area (Å²) < 4.78 is 13.2. The number of hydrogen-bond donors (Lipinski definition) is 0. The molecule has 0 fully saturated rings. The van der Waals surface area contributed by atoms with Gasteiger partial charge in [-0.2, -0.15) is 0 Å². The zero-order chi connectivity index (χ0) is 18.5. The zero-order valence-corrected chi connectivity index (χ0v) is 14.9. The first-order chi connectivity index (χ1) is 12.5. The quantitative estimate of drug-likeness (QED) is 0.595. The Labute approximate surface area is 155 Å². The Balaban J connectivity index is 1.91. The fourth-order valence-electron chi connectivity index (χ4n) is 2.44. The summed E-state index contributed by atoms with van der Waals surface area (Å²) in [5, 5.41) is -0.917. The maximum Gasteiger partial charge on any atom is 0.220 e. The number of carbonyl (C=O) groups excluding carboxylic acids is 2. The molecule has 0 bridgehead atoms. The summed E-state index contributed by atoms with van der Waals surface area (Å²) in [7, 11) is 0. The van der Waals surface area contributed by atoms with Crippen molar-refractivity contribution in [2.24, 2.45) is 0 Å². The molecule has 0 saturated carbocycles. The van der Waals surface area contributed by atoms with E-state index in [1.165, 1.54) is 24.3 Å². The summed E-state index contributed by atoms with van der Waals surface area (Å²) in [5.41, 5.74) is 2.63. The number of ketones is 1. The first-order valence-corrected chi connectivity index (χ1v) is 8.90. The minimum Gasteiger partial charge on any atom is -0.293 e. The van der Waals surface area contributed by atoms with Crippen LogP contribution in [-0.4, -0.2) is 15.9 Å². The van der Waals surface area contributed by atoms with Gasteiger partial charge in [-0.3, -0.25) is 14.6 Å². The van der Waals surface area contributed by atoms with Crippen molar-refractivity contribution in [3.05, 3.63) is 101 Å². The lowest BCUT2D eigenvalue weighted by molar-refractivity contribution is 0.0983. The highest BCUT2D eigenvalue weighted by Crippen LogP contribution is 2.34. The molecule has 0 amide bonds. The minimum absolute atomic E-state index is 0.192. The van der Waals surface area contributed by atoms with Gasteiger partial charge in [0.25, 0.3) is 0 Å². The van der Waals surface area contributed by atoms with Gasteiger partial charge in [0.05, 0.1) is 0 Å². The summed E-state index contributed by atoms with van der Waals surface area (Å²) in [5.74, 6) is -0.660. The molecule has 0 saturated heterocycles. The molecule has 2 aromatic carbocycles. The largest absolute Gasteiger partial charge is 0.293 e. The Hall–Kier alpha value is -2.79. The number of hydrogen-bond acceptors (Lipinski definition) is 4. The molecular formula is C21H16FNO2S. The van der Waals surface area contributed by atoms with Crippen molar-refractivity contribution >= 4 is 22.7 Å². The van der Waals surface area contributed by atoms with Gasteiger partial charge in [-0.05, 0) is 48.9 Å². The van der Waals surface area contributed by atoms with Gasteiger partial charge in [-0.15, -0.1) is 0 Å². The average Bonchev–Trinajstić information content (AvgIpc) is 2.67. The summed E-state index contributed by atoms with van der Waals surface area (Å²) >= 11 is 0.954. The maximum atomic E-state index is 13.2. The lowest BCUT2D eigenvalue weighted by Gasteiger charge is -2.15. The Morgan fingerprint density at radius 2 is 1.46 bits per heavy atom. The number of benzene rings is 2. The molecule has 0 radical (unpaired) electrons. The molecule has 0 aliphatic heterocycles. The van der Waals surface area contributed by atoms with Crippen molar-refractivity contribution in [3.8, 4) is 0 Å². The third-order valence-electron chi connectivity index (χ3n) is 3.89. The van der Waals surface area contributed by atoms with Crippen molar-refractivity contribution in [3.63, 3.8) is 0 Å². The summed E-state index contributed by atoms with van der Waals surface area (Å²) in [6, 6.07) is 16.0. The van der Waals surface area contributed by atoms with Crippen molar-refractivity contribution < 1.29 is 14.0 Å². The Kier molecular flexibility index (Phi) is 5.58. The van der Waals surface area contributed by atoms with Crippen LogP contribution in [0.2, 0.25) is 0 Å². The van der Waals surface area contributed by atoms with Crippen LogP contribution in [0.4, 0.5) is 4.39 Å². The average molecular weight is 365 g/mol. The number of thioether (sulfide) groups is 1. The van der Waals surface area contributed by atoms with Gasteiger partial charge < -0.3 is 0 Å². The molecule has 1 unspecified atom stereocenters. The topological polar surface area (TPSA) is 47.0 Å². The van der Waals surface area contributed by atoms with E-state index in [4.69, 9.17) is 0 Å². The molecule has 5 heteroatoms. The van der Waals surface area contributed by atoms with Gasteiger partial charge in [0.1, 0.15) is 11.1 Å². The number of rotatable bonds is 5. The van der Waals surface area contributed by atoms with E-state index in [2.05, 4.69) is 4.98 Å². The predicted octanol–water partition coefficient (Wildman–Crippen LogP) is 5.03. The third kappa shape index (κ3) is 4.24. The van der Waals surface area contributed by atoms with Crippen LogP contribution >= 0.6 is 11.8 Å². The molecule has 0 N–H and O–H groups in total. The van der Waals surface area contributed by atoms with Crippen LogP contribution < -0.4 is 0 Å². The van der Waals surface area contributed by atoms with Gasteiger partial charge in [-0.25, -0.2) is 4.39 Å². The van der Waals surface area contributed by atoms with E-state index in [9.17, 15) is 14.0 Å². The zero-order valence-electron chi connectivity index (χ0n) is 14.1. The van der Waals surface area contributed by atoms with E-state index in [1.54, 1.807) is 36.7 Å². The molecule has 3 rings (SSSR count). The maximum absolute atomic E-state index is 13.2. The van der Waals surface area contributed by atoms with Crippen LogP contribution in [0.5, 0.6) is 0 Å². The standard InChI is InChI=1S/C21H16FNO2S/c1-14-2-4-17(5-3-14)21(25)26-20(16-10-12-23-13-11-16)19(24)15-6-8-18(22)9-7-15/h2-13,20H,1H3. The van der Waals surface area contributed by atoms with Crippen LogP contribution in [0.1, 0.15) is 37.1 Å². The number of carbonyl (C=O) groups is 2. The first kappa shape index (κ1) is 18.0. The molecular weight excluding hydrogens is 349 g/mol. The van der Waals surface area contributed by atoms with E-state index in [0.717, 1.165) is 17.3 Å². The molecule has 1 aromatic heterocycles. The van der Waals surface area contributed by atoms with E-state index < -0.39 is 11.1 Å². The molecule has 0 aliphatic carbocycles. The number of aryl methyl sites for hydroxylation is 1. The molecule has 130 valence electrons. The van der Waals surface area contributed by atoms with Crippen LogP contribution in [0, 0.1) is 12.7 Å². The second-order valence-electron chi connectivity index (χ2n) is 5.80. The minimum atomic E-state index is -0.725. The van der Waals surface area contributed by atoms with E-state index in [0.29, 0.717) is 16.7 Å². The van der Waals surface area contributed by atoms with E-state index >= 15 is 0 Å². The van der Waals surface area contributed by atoms with Crippen LogP contribution in [0.3, 0.4) is 0 Å². The van der Waals surface area contributed by atoms with Crippen molar-refractivity contribution in [1.82, 2.24) is 4.98 Å². The molecule has 3 nitrogen and oxygen atoms in total. The lowest BCUT2D eigenvalue weighted by atomic mass is 10.0.